The number of carboxylic acids is 1. The van der Waals surface area contributed by atoms with E-state index in [4.69, 9.17) is 16.3 Å². The van der Waals surface area contributed by atoms with E-state index in [0.717, 1.165) is 25.9 Å². The molecule has 0 amide bonds. The van der Waals surface area contributed by atoms with Crippen LogP contribution in [-0.4, -0.2) is 41.2 Å². The Hall–Kier alpha value is -1.26. The number of carbonyl (C=O) groups is 1. The van der Waals surface area contributed by atoms with Crippen LogP contribution in [-0.2, 0) is 5.88 Å². The van der Waals surface area contributed by atoms with Gasteiger partial charge in [-0.3, -0.25) is 4.90 Å². The van der Waals surface area contributed by atoms with Gasteiger partial charge in [0.05, 0.1) is 5.56 Å². The lowest BCUT2D eigenvalue weighted by Crippen LogP contribution is -2.42. The summed E-state index contributed by atoms with van der Waals surface area (Å²) in [4.78, 5) is 13.7. The first kappa shape index (κ1) is 19.1. The van der Waals surface area contributed by atoms with Gasteiger partial charge in [0.25, 0.3) is 0 Å². The van der Waals surface area contributed by atoms with Crippen molar-refractivity contribution >= 4 is 17.6 Å². The molecule has 1 aromatic carbocycles. The van der Waals surface area contributed by atoms with Crippen LogP contribution in [0.1, 0.15) is 56.5 Å². The number of hydrogen-bond donors (Lipinski definition) is 1. The molecule has 0 heterocycles. The quantitative estimate of drug-likeness (QED) is 0.738. The first-order valence-electron chi connectivity index (χ1n) is 8.64. The van der Waals surface area contributed by atoms with Crippen molar-refractivity contribution in [3.05, 3.63) is 29.3 Å². The topological polar surface area (TPSA) is 49.8 Å². The number of carboxylic acid groups (broad SMARTS) is 1. The van der Waals surface area contributed by atoms with Crippen LogP contribution in [0.15, 0.2) is 18.2 Å². The molecule has 0 radical (unpaired) electrons. The molecule has 1 aliphatic rings. The SMILES string of the molecule is CCN(CC)C1CC(C)(C)CC1Oc1ccc(C(=O)O)c(CCl)c1. The lowest BCUT2D eigenvalue weighted by Gasteiger charge is -2.31. The second-order valence-electron chi connectivity index (χ2n) is 7.28. The van der Waals surface area contributed by atoms with Gasteiger partial charge in [-0.05, 0) is 55.1 Å². The lowest BCUT2D eigenvalue weighted by molar-refractivity contribution is 0.0695. The van der Waals surface area contributed by atoms with E-state index in [1.165, 1.54) is 0 Å². The van der Waals surface area contributed by atoms with E-state index in [1.807, 2.05) is 0 Å². The van der Waals surface area contributed by atoms with Crippen molar-refractivity contribution < 1.29 is 14.6 Å². The van der Waals surface area contributed by atoms with Gasteiger partial charge in [-0.1, -0.05) is 27.7 Å². The molecule has 0 spiro atoms. The zero-order valence-electron chi connectivity index (χ0n) is 15.0. The van der Waals surface area contributed by atoms with Crippen LogP contribution in [0.25, 0.3) is 0 Å². The van der Waals surface area contributed by atoms with E-state index < -0.39 is 5.97 Å². The standard InChI is InChI=1S/C19H28ClNO3/c1-5-21(6-2)16-10-19(3,4)11-17(16)24-14-7-8-15(18(22)23)13(9-14)12-20/h7-9,16-17H,5-6,10-12H2,1-4H3,(H,22,23). The fourth-order valence-corrected chi connectivity index (χ4v) is 4.00. The van der Waals surface area contributed by atoms with E-state index in [0.29, 0.717) is 17.4 Å². The fourth-order valence-electron chi connectivity index (χ4n) is 3.78. The van der Waals surface area contributed by atoms with E-state index >= 15 is 0 Å². The summed E-state index contributed by atoms with van der Waals surface area (Å²) in [5.41, 5.74) is 1.08. The molecule has 2 atom stereocenters. The zero-order valence-corrected chi connectivity index (χ0v) is 15.8. The number of hydrogen-bond acceptors (Lipinski definition) is 3. The molecule has 1 aliphatic carbocycles. The van der Waals surface area contributed by atoms with Crippen LogP contribution in [0.3, 0.4) is 0 Å². The van der Waals surface area contributed by atoms with E-state index in [2.05, 4.69) is 32.6 Å². The second-order valence-corrected chi connectivity index (χ2v) is 7.54. The van der Waals surface area contributed by atoms with E-state index in [-0.39, 0.29) is 23.0 Å². The summed E-state index contributed by atoms with van der Waals surface area (Å²) in [5.74, 6) is -0.0928. The Kier molecular flexibility index (Phi) is 6.16. The Bertz CT molecular complexity index is 584. The molecule has 4 nitrogen and oxygen atoms in total. The van der Waals surface area contributed by atoms with Gasteiger partial charge in [-0.15, -0.1) is 11.6 Å². The number of nitrogens with zero attached hydrogens (tertiary/aromatic N) is 1. The number of ether oxygens (including phenoxy) is 1. The number of likely N-dealkylation sites (N-methyl/N-ethyl adjacent to an activating group) is 1. The Labute approximate surface area is 149 Å². The van der Waals surface area contributed by atoms with Crippen LogP contribution in [0.5, 0.6) is 5.75 Å². The molecule has 0 bridgehead atoms. The molecule has 0 saturated heterocycles. The van der Waals surface area contributed by atoms with Crippen LogP contribution in [0, 0.1) is 5.41 Å². The van der Waals surface area contributed by atoms with Crippen molar-refractivity contribution in [1.29, 1.82) is 0 Å². The highest BCUT2D eigenvalue weighted by molar-refractivity contribution is 6.17. The number of aromatic carboxylic acids is 1. The summed E-state index contributed by atoms with van der Waals surface area (Å²) >= 11 is 5.91. The highest BCUT2D eigenvalue weighted by Gasteiger charge is 2.42. The average molecular weight is 354 g/mol. The number of rotatable bonds is 7. The largest absolute Gasteiger partial charge is 0.489 e. The Morgan fingerprint density at radius 1 is 1.33 bits per heavy atom. The molecule has 2 rings (SSSR count). The minimum absolute atomic E-state index is 0.110. The molecular formula is C19H28ClNO3. The summed E-state index contributed by atoms with van der Waals surface area (Å²) in [6, 6.07) is 5.47. The summed E-state index contributed by atoms with van der Waals surface area (Å²) in [6.07, 6.45) is 2.21. The monoisotopic (exact) mass is 353 g/mol. The molecule has 0 aliphatic heterocycles. The van der Waals surface area contributed by atoms with Gasteiger partial charge in [0.2, 0.25) is 0 Å². The highest BCUT2D eigenvalue weighted by atomic mass is 35.5. The Morgan fingerprint density at radius 2 is 2.00 bits per heavy atom. The third kappa shape index (κ3) is 4.22. The summed E-state index contributed by atoms with van der Waals surface area (Å²) < 4.78 is 6.29. The van der Waals surface area contributed by atoms with Crippen LogP contribution < -0.4 is 4.74 Å². The van der Waals surface area contributed by atoms with Gasteiger partial charge in [0, 0.05) is 11.9 Å². The Morgan fingerprint density at radius 3 is 2.54 bits per heavy atom. The molecule has 24 heavy (non-hydrogen) atoms. The van der Waals surface area contributed by atoms with Crippen molar-refractivity contribution in [2.24, 2.45) is 5.41 Å². The zero-order chi connectivity index (χ0) is 17.9. The van der Waals surface area contributed by atoms with Crippen LogP contribution >= 0.6 is 11.6 Å². The maximum Gasteiger partial charge on any atom is 0.336 e. The lowest BCUT2D eigenvalue weighted by atomic mass is 9.91. The summed E-state index contributed by atoms with van der Waals surface area (Å²) in [7, 11) is 0. The molecular weight excluding hydrogens is 326 g/mol. The summed E-state index contributed by atoms with van der Waals surface area (Å²) in [6.45, 7) is 10.9. The van der Waals surface area contributed by atoms with Crippen molar-refractivity contribution in [2.45, 2.75) is 58.6 Å². The number of alkyl halides is 1. The van der Waals surface area contributed by atoms with Crippen LogP contribution in [0.2, 0.25) is 0 Å². The predicted molar refractivity (Wildman–Crippen MR) is 97.1 cm³/mol. The smallest absolute Gasteiger partial charge is 0.336 e. The maximum atomic E-state index is 11.2. The predicted octanol–water partition coefficient (Wildman–Crippen LogP) is 4.40. The molecule has 1 saturated carbocycles. The fraction of sp³-hybridized carbons (Fsp3) is 0.632. The molecule has 1 fully saturated rings. The first-order valence-corrected chi connectivity index (χ1v) is 9.17. The number of benzene rings is 1. The molecule has 5 heteroatoms. The van der Waals surface area contributed by atoms with Gasteiger partial charge in [-0.25, -0.2) is 4.79 Å². The van der Waals surface area contributed by atoms with Gasteiger partial charge in [0.15, 0.2) is 0 Å². The van der Waals surface area contributed by atoms with E-state index in [1.54, 1.807) is 18.2 Å². The van der Waals surface area contributed by atoms with Crippen LogP contribution in [0.4, 0.5) is 0 Å². The molecule has 1 N–H and O–H groups in total. The van der Waals surface area contributed by atoms with Crippen molar-refractivity contribution in [2.75, 3.05) is 13.1 Å². The van der Waals surface area contributed by atoms with Gasteiger partial charge >= 0.3 is 5.97 Å². The molecule has 1 aromatic rings. The third-order valence-corrected chi connectivity index (χ3v) is 5.25. The molecule has 2 unspecified atom stereocenters. The van der Waals surface area contributed by atoms with Gasteiger partial charge in [-0.2, -0.15) is 0 Å². The number of halogens is 1. The third-order valence-electron chi connectivity index (χ3n) is 4.96. The first-order chi connectivity index (χ1) is 11.3. The van der Waals surface area contributed by atoms with Crippen molar-refractivity contribution in [3.63, 3.8) is 0 Å². The Balaban J connectivity index is 2.23. The molecule has 134 valence electrons. The highest BCUT2D eigenvalue weighted by Crippen LogP contribution is 2.41. The molecule has 0 aromatic heterocycles. The maximum absolute atomic E-state index is 11.2. The minimum Gasteiger partial charge on any atom is -0.489 e. The van der Waals surface area contributed by atoms with E-state index in [9.17, 15) is 9.90 Å². The van der Waals surface area contributed by atoms with Gasteiger partial charge < -0.3 is 9.84 Å². The normalized spacial score (nSPS) is 22.8. The van der Waals surface area contributed by atoms with Gasteiger partial charge in [0.1, 0.15) is 11.9 Å². The minimum atomic E-state index is -0.958. The van der Waals surface area contributed by atoms with Crippen molar-refractivity contribution in [3.8, 4) is 5.75 Å². The van der Waals surface area contributed by atoms with Crippen molar-refractivity contribution in [1.82, 2.24) is 4.90 Å². The second kappa shape index (κ2) is 7.75. The average Bonchev–Trinajstić information content (AvgIpc) is 2.82. The summed E-state index contributed by atoms with van der Waals surface area (Å²) in [5, 5.41) is 9.21.